The SMILES string of the molecule is CCCn1ccnc1NCCCN(C)Cc1ccccc1. The Balaban J connectivity index is 1.66. The van der Waals surface area contributed by atoms with Crippen LogP contribution in [0.4, 0.5) is 5.95 Å². The van der Waals surface area contributed by atoms with Gasteiger partial charge in [0.25, 0.3) is 0 Å². The van der Waals surface area contributed by atoms with Gasteiger partial charge >= 0.3 is 0 Å². The van der Waals surface area contributed by atoms with E-state index in [0.29, 0.717) is 0 Å². The van der Waals surface area contributed by atoms with Gasteiger partial charge in [0, 0.05) is 32.0 Å². The molecule has 1 N–H and O–H groups in total. The second-order valence-electron chi connectivity index (χ2n) is 5.45. The van der Waals surface area contributed by atoms with E-state index in [0.717, 1.165) is 45.0 Å². The summed E-state index contributed by atoms with van der Waals surface area (Å²) in [5, 5.41) is 3.42. The molecule has 0 saturated heterocycles. The summed E-state index contributed by atoms with van der Waals surface area (Å²) in [5.74, 6) is 0.988. The third-order valence-electron chi connectivity index (χ3n) is 3.48. The monoisotopic (exact) mass is 286 g/mol. The van der Waals surface area contributed by atoms with Crippen LogP contribution in [0.1, 0.15) is 25.3 Å². The number of nitrogens with one attached hydrogen (secondary N) is 1. The lowest BCUT2D eigenvalue weighted by Gasteiger charge is -2.17. The molecule has 21 heavy (non-hydrogen) atoms. The van der Waals surface area contributed by atoms with Crippen molar-refractivity contribution in [3.8, 4) is 0 Å². The fraction of sp³-hybridized carbons (Fsp3) is 0.471. The van der Waals surface area contributed by atoms with E-state index < -0.39 is 0 Å². The van der Waals surface area contributed by atoms with Gasteiger partial charge in [0.05, 0.1) is 0 Å². The molecular weight excluding hydrogens is 260 g/mol. The zero-order valence-electron chi connectivity index (χ0n) is 13.1. The van der Waals surface area contributed by atoms with Gasteiger partial charge in [0.1, 0.15) is 0 Å². The summed E-state index contributed by atoms with van der Waals surface area (Å²) >= 11 is 0. The lowest BCUT2D eigenvalue weighted by Crippen LogP contribution is -2.21. The molecule has 0 unspecified atom stereocenters. The van der Waals surface area contributed by atoms with Crippen LogP contribution in [0.3, 0.4) is 0 Å². The summed E-state index contributed by atoms with van der Waals surface area (Å²) in [4.78, 5) is 6.71. The number of hydrogen-bond acceptors (Lipinski definition) is 3. The van der Waals surface area contributed by atoms with Crippen molar-refractivity contribution in [2.75, 3.05) is 25.5 Å². The minimum atomic E-state index is 0.958. The van der Waals surface area contributed by atoms with E-state index in [2.05, 4.69) is 64.1 Å². The highest BCUT2D eigenvalue weighted by atomic mass is 15.2. The zero-order valence-corrected chi connectivity index (χ0v) is 13.1. The van der Waals surface area contributed by atoms with Crippen molar-refractivity contribution < 1.29 is 0 Å². The molecular formula is C17H26N4. The van der Waals surface area contributed by atoms with E-state index in [1.807, 2.05) is 12.4 Å². The fourth-order valence-corrected chi connectivity index (χ4v) is 2.42. The molecule has 1 heterocycles. The highest BCUT2D eigenvalue weighted by Gasteiger charge is 2.02. The number of rotatable bonds is 9. The first-order valence-electron chi connectivity index (χ1n) is 7.77. The van der Waals surface area contributed by atoms with Crippen LogP contribution in [0, 0.1) is 0 Å². The first-order valence-corrected chi connectivity index (χ1v) is 7.77. The molecule has 0 saturated carbocycles. The topological polar surface area (TPSA) is 33.1 Å². The lowest BCUT2D eigenvalue weighted by atomic mass is 10.2. The predicted molar refractivity (Wildman–Crippen MR) is 88.4 cm³/mol. The van der Waals surface area contributed by atoms with Crippen LogP contribution >= 0.6 is 0 Å². The highest BCUT2D eigenvalue weighted by Crippen LogP contribution is 2.06. The molecule has 0 bridgehead atoms. The van der Waals surface area contributed by atoms with Crippen LogP contribution in [-0.4, -0.2) is 34.6 Å². The van der Waals surface area contributed by atoms with Crippen molar-refractivity contribution in [1.29, 1.82) is 0 Å². The van der Waals surface area contributed by atoms with E-state index in [4.69, 9.17) is 0 Å². The first kappa shape index (κ1) is 15.6. The molecule has 2 rings (SSSR count). The van der Waals surface area contributed by atoms with Crippen LogP contribution in [0.2, 0.25) is 0 Å². The van der Waals surface area contributed by atoms with Crippen LogP contribution in [0.5, 0.6) is 0 Å². The van der Waals surface area contributed by atoms with Gasteiger partial charge in [-0.1, -0.05) is 37.3 Å². The summed E-state index contributed by atoms with van der Waals surface area (Å²) in [7, 11) is 2.17. The molecule has 0 aliphatic carbocycles. The summed E-state index contributed by atoms with van der Waals surface area (Å²) in [6.45, 7) is 6.25. The number of aryl methyl sites for hydroxylation is 1. The average molecular weight is 286 g/mol. The largest absolute Gasteiger partial charge is 0.356 e. The number of imidazole rings is 1. The third-order valence-corrected chi connectivity index (χ3v) is 3.48. The predicted octanol–water partition coefficient (Wildman–Crippen LogP) is 3.23. The second-order valence-corrected chi connectivity index (χ2v) is 5.45. The standard InChI is InChI=1S/C17H26N4/c1-3-12-21-14-11-19-17(21)18-10-7-13-20(2)15-16-8-5-4-6-9-16/h4-6,8-9,11,14H,3,7,10,12-13,15H2,1-2H3,(H,18,19). The zero-order chi connectivity index (χ0) is 14.9. The first-order chi connectivity index (χ1) is 10.3. The Hall–Kier alpha value is -1.81. The molecule has 0 fully saturated rings. The van der Waals surface area contributed by atoms with Crippen molar-refractivity contribution in [1.82, 2.24) is 14.5 Å². The normalized spacial score (nSPS) is 11.0. The number of anilines is 1. The average Bonchev–Trinajstić information content (AvgIpc) is 2.92. The molecule has 114 valence electrons. The molecule has 0 radical (unpaired) electrons. The molecule has 2 aromatic rings. The van der Waals surface area contributed by atoms with Gasteiger partial charge in [-0.05, 0) is 32.0 Å². The van der Waals surface area contributed by atoms with Gasteiger partial charge < -0.3 is 14.8 Å². The van der Waals surface area contributed by atoms with Crippen LogP contribution in [0.25, 0.3) is 0 Å². The fourth-order valence-electron chi connectivity index (χ4n) is 2.42. The summed E-state index contributed by atoms with van der Waals surface area (Å²) in [5.41, 5.74) is 1.37. The molecule has 4 heteroatoms. The van der Waals surface area contributed by atoms with Crippen molar-refractivity contribution in [3.63, 3.8) is 0 Å². The van der Waals surface area contributed by atoms with E-state index in [-0.39, 0.29) is 0 Å². The number of benzene rings is 1. The Kier molecular flexibility index (Phi) is 6.28. The Labute approximate surface area is 127 Å². The summed E-state index contributed by atoms with van der Waals surface area (Å²) in [6, 6.07) is 10.6. The lowest BCUT2D eigenvalue weighted by molar-refractivity contribution is 0.325. The Morgan fingerprint density at radius 2 is 2.05 bits per heavy atom. The molecule has 0 aliphatic rings. The van der Waals surface area contributed by atoms with Crippen LogP contribution in [0.15, 0.2) is 42.7 Å². The second kappa shape index (κ2) is 8.47. The third kappa shape index (κ3) is 5.23. The summed E-state index contributed by atoms with van der Waals surface area (Å²) in [6.07, 6.45) is 6.14. The molecule has 0 atom stereocenters. The van der Waals surface area contributed by atoms with E-state index >= 15 is 0 Å². The van der Waals surface area contributed by atoms with Gasteiger partial charge in [0.15, 0.2) is 0 Å². The van der Waals surface area contributed by atoms with Crippen molar-refractivity contribution in [2.45, 2.75) is 32.9 Å². The smallest absolute Gasteiger partial charge is 0.202 e. The number of hydrogen-bond donors (Lipinski definition) is 1. The Bertz CT molecular complexity index is 507. The molecule has 1 aromatic carbocycles. The summed E-state index contributed by atoms with van der Waals surface area (Å²) < 4.78 is 2.17. The maximum atomic E-state index is 4.36. The Morgan fingerprint density at radius 3 is 2.81 bits per heavy atom. The van der Waals surface area contributed by atoms with Gasteiger partial charge in [0.2, 0.25) is 5.95 Å². The molecule has 1 aromatic heterocycles. The van der Waals surface area contributed by atoms with Gasteiger partial charge in [-0.3, -0.25) is 0 Å². The molecule has 0 spiro atoms. The molecule has 0 aliphatic heterocycles. The van der Waals surface area contributed by atoms with Crippen molar-refractivity contribution in [2.24, 2.45) is 0 Å². The van der Waals surface area contributed by atoms with Gasteiger partial charge in [-0.25, -0.2) is 4.98 Å². The maximum absolute atomic E-state index is 4.36. The minimum Gasteiger partial charge on any atom is -0.356 e. The quantitative estimate of drug-likeness (QED) is 0.718. The van der Waals surface area contributed by atoms with E-state index in [1.165, 1.54) is 5.56 Å². The maximum Gasteiger partial charge on any atom is 0.202 e. The highest BCUT2D eigenvalue weighted by molar-refractivity contribution is 5.25. The number of aromatic nitrogens is 2. The number of nitrogens with zero attached hydrogens (tertiary/aromatic N) is 3. The van der Waals surface area contributed by atoms with E-state index in [1.54, 1.807) is 0 Å². The van der Waals surface area contributed by atoms with Crippen molar-refractivity contribution in [3.05, 3.63) is 48.3 Å². The van der Waals surface area contributed by atoms with Crippen LogP contribution in [-0.2, 0) is 13.1 Å². The van der Waals surface area contributed by atoms with Crippen molar-refractivity contribution >= 4 is 5.95 Å². The molecule has 0 amide bonds. The van der Waals surface area contributed by atoms with E-state index in [9.17, 15) is 0 Å². The minimum absolute atomic E-state index is 0.958. The van der Waals surface area contributed by atoms with Gasteiger partial charge in [-0.15, -0.1) is 0 Å². The Morgan fingerprint density at radius 1 is 1.24 bits per heavy atom. The molecule has 4 nitrogen and oxygen atoms in total. The van der Waals surface area contributed by atoms with Gasteiger partial charge in [-0.2, -0.15) is 0 Å². The van der Waals surface area contributed by atoms with Crippen LogP contribution < -0.4 is 5.32 Å².